The Morgan fingerprint density at radius 1 is 1.31 bits per heavy atom. The highest BCUT2D eigenvalue weighted by Gasteiger charge is 2.20. The lowest BCUT2D eigenvalue weighted by Gasteiger charge is -2.10. The minimum absolute atomic E-state index is 0.782. The molecule has 1 aromatic rings. The van der Waals surface area contributed by atoms with Crippen LogP contribution in [-0.2, 0) is 4.79 Å². The van der Waals surface area contributed by atoms with E-state index in [9.17, 15) is 18.4 Å². The number of nitrogens with one attached hydrogen (secondary N) is 1. The normalized spacial score (nSPS) is 11.9. The van der Waals surface area contributed by atoms with Gasteiger partial charge in [-0.3, -0.25) is 9.59 Å². The molecule has 1 aromatic carbocycles. The van der Waals surface area contributed by atoms with E-state index in [0.29, 0.717) is 0 Å². The van der Waals surface area contributed by atoms with Crippen LogP contribution < -0.4 is 5.32 Å². The van der Waals surface area contributed by atoms with Gasteiger partial charge in [-0.1, -0.05) is 6.07 Å². The van der Waals surface area contributed by atoms with Crippen LogP contribution in [0.3, 0.4) is 0 Å². The fourth-order valence-corrected chi connectivity index (χ4v) is 1.05. The van der Waals surface area contributed by atoms with Crippen LogP contribution >= 0.6 is 0 Å². The maximum Gasteiger partial charge on any atom is 0.325 e. The molecule has 0 heterocycles. The van der Waals surface area contributed by atoms with Crippen molar-refractivity contribution >= 4 is 11.9 Å². The molecular weight excluding hydrogens is 220 g/mol. The van der Waals surface area contributed by atoms with Crippen molar-refractivity contribution in [3.05, 3.63) is 35.4 Å². The molecular formula is C10H9F2NO3. The zero-order valence-corrected chi connectivity index (χ0v) is 8.33. The molecule has 16 heavy (non-hydrogen) atoms. The van der Waals surface area contributed by atoms with Crippen molar-refractivity contribution < 1.29 is 23.5 Å². The predicted octanol–water partition coefficient (Wildman–Crippen LogP) is 1.17. The molecule has 0 spiro atoms. The largest absolute Gasteiger partial charge is 0.480 e. The summed E-state index contributed by atoms with van der Waals surface area (Å²) in [6.45, 7) is 1.19. The van der Waals surface area contributed by atoms with Gasteiger partial charge in [0.15, 0.2) is 0 Å². The van der Waals surface area contributed by atoms with Crippen molar-refractivity contribution in [3.8, 4) is 0 Å². The zero-order chi connectivity index (χ0) is 12.3. The lowest BCUT2D eigenvalue weighted by atomic mass is 10.1. The molecule has 6 heteroatoms. The smallest absolute Gasteiger partial charge is 0.325 e. The molecule has 0 radical (unpaired) electrons. The number of hydrogen-bond donors (Lipinski definition) is 2. The Balaban J connectivity index is 2.93. The van der Waals surface area contributed by atoms with Gasteiger partial charge < -0.3 is 10.4 Å². The summed E-state index contributed by atoms with van der Waals surface area (Å²) in [6.07, 6.45) is 0. The van der Waals surface area contributed by atoms with Gasteiger partial charge >= 0.3 is 5.97 Å². The molecule has 0 unspecified atom stereocenters. The van der Waals surface area contributed by atoms with Crippen LogP contribution in [0.25, 0.3) is 0 Å². The predicted molar refractivity (Wildman–Crippen MR) is 50.9 cm³/mol. The number of hydrogen-bond acceptors (Lipinski definition) is 2. The molecule has 0 aliphatic rings. The van der Waals surface area contributed by atoms with E-state index in [2.05, 4.69) is 0 Å². The fourth-order valence-electron chi connectivity index (χ4n) is 1.05. The molecule has 0 fully saturated rings. The van der Waals surface area contributed by atoms with Crippen molar-refractivity contribution in [2.24, 2.45) is 0 Å². The van der Waals surface area contributed by atoms with Crippen LogP contribution in [0.1, 0.15) is 17.3 Å². The second kappa shape index (κ2) is 4.69. The molecule has 4 nitrogen and oxygen atoms in total. The summed E-state index contributed by atoms with van der Waals surface area (Å²) in [6, 6.07) is 1.74. The zero-order valence-electron chi connectivity index (χ0n) is 8.33. The van der Waals surface area contributed by atoms with Gasteiger partial charge in [0, 0.05) is 0 Å². The second-order valence-corrected chi connectivity index (χ2v) is 3.13. The maximum atomic E-state index is 13.1. The quantitative estimate of drug-likeness (QED) is 0.817. The monoisotopic (exact) mass is 229 g/mol. The molecule has 0 aliphatic heterocycles. The Hall–Kier alpha value is -1.98. The van der Waals surface area contributed by atoms with E-state index in [1.54, 1.807) is 0 Å². The van der Waals surface area contributed by atoms with Crippen LogP contribution in [0.5, 0.6) is 0 Å². The van der Waals surface area contributed by atoms with Crippen molar-refractivity contribution in [1.82, 2.24) is 5.32 Å². The number of carbonyl (C=O) groups excluding carboxylic acids is 1. The molecule has 0 aromatic heterocycles. The van der Waals surface area contributed by atoms with Crippen LogP contribution in [0.15, 0.2) is 18.2 Å². The molecule has 0 saturated heterocycles. The SMILES string of the molecule is C[C@@H](NC(=O)c1c(F)cccc1F)C(=O)O. The van der Waals surface area contributed by atoms with E-state index in [0.717, 1.165) is 18.2 Å². The summed E-state index contributed by atoms with van der Waals surface area (Å²) in [5.74, 6) is -4.44. The van der Waals surface area contributed by atoms with Crippen molar-refractivity contribution in [2.45, 2.75) is 13.0 Å². The van der Waals surface area contributed by atoms with E-state index in [-0.39, 0.29) is 0 Å². The molecule has 1 atom stereocenters. The molecule has 0 aliphatic carbocycles. The first-order valence-electron chi connectivity index (χ1n) is 4.41. The lowest BCUT2D eigenvalue weighted by molar-refractivity contribution is -0.138. The first kappa shape index (κ1) is 12.1. The van der Waals surface area contributed by atoms with Gasteiger partial charge in [0.05, 0.1) is 0 Å². The number of carboxylic acid groups (broad SMARTS) is 1. The highest BCUT2D eigenvalue weighted by atomic mass is 19.1. The van der Waals surface area contributed by atoms with Crippen molar-refractivity contribution in [3.63, 3.8) is 0 Å². The van der Waals surface area contributed by atoms with Gasteiger partial charge in [0.1, 0.15) is 23.2 Å². The number of carboxylic acids is 1. The number of carbonyl (C=O) groups is 2. The van der Waals surface area contributed by atoms with E-state index in [4.69, 9.17) is 5.11 Å². The molecule has 0 saturated carbocycles. The highest BCUT2D eigenvalue weighted by molar-refractivity contribution is 5.96. The van der Waals surface area contributed by atoms with Gasteiger partial charge in [-0.2, -0.15) is 0 Å². The molecule has 0 bridgehead atoms. The molecule has 1 amide bonds. The minimum Gasteiger partial charge on any atom is -0.480 e. The van der Waals surface area contributed by atoms with Gasteiger partial charge in [0.25, 0.3) is 5.91 Å². The molecule has 2 N–H and O–H groups in total. The number of halogens is 2. The van der Waals surface area contributed by atoms with Crippen molar-refractivity contribution in [1.29, 1.82) is 0 Å². The van der Waals surface area contributed by atoms with Gasteiger partial charge in [-0.05, 0) is 19.1 Å². The number of amides is 1. The average molecular weight is 229 g/mol. The summed E-state index contributed by atoms with van der Waals surface area (Å²) in [5, 5.41) is 10.5. The summed E-state index contributed by atoms with van der Waals surface area (Å²) >= 11 is 0. The average Bonchev–Trinajstić information content (AvgIpc) is 2.16. The van der Waals surface area contributed by atoms with Gasteiger partial charge in [0.2, 0.25) is 0 Å². The number of benzene rings is 1. The topological polar surface area (TPSA) is 66.4 Å². The van der Waals surface area contributed by atoms with Crippen molar-refractivity contribution in [2.75, 3.05) is 0 Å². The number of aliphatic carboxylic acids is 1. The third-order valence-electron chi connectivity index (χ3n) is 1.91. The van der Waals surface area contributed by atoms with E-state index >= 15 is 0 Å². The Kier molecular flexibility index (Phi) is 3.55. The second-order valence-electron chi connectivity index (χ2n) is 3.13. The van der Waals surface area contributed by atoms with E-state index in [1.165, 1.54) is 6.92 Å². The summed E-state index contributed by atoms with van der Waals surface area (Å²) in [5.41, 5.74) is -0.782. The van der Waals surface area contributed by atoms with Crippen LogP contribution in [-0.4, -0.2) is 23.0 Å². The third kappa shape index (κ3) is 2.53. The van der Waals surface area contributed by atoms with Crippen LogP contribution in [0.2, 0.25) is 0 Å². The van der Waals surface area contributed by atoms with Gasteiger partial charge in [-0.15, -0.1) is 0 Å². The van der Waals surface area contributed by atoms with E-state index in [1.807, 2.05) is 5.32 Å². The summed E-state index contributed by atoms with van der Waals surface area (Å²) in [4.78, 5) is 21.8. The standard InChI is InChI=1S/C10H9F2NO3/c1-5(10(15)16)13-9(14)8-6(11)3-2-4-7(8)12/h2-5H,1H3,(H,13,14)(H,15,16)/t5-/m1/s1. The number of rotatable bonds is 3. The summed E-state index contributed by atoms with van der Waals surface area (Å²) < 4.78 is 26.2. The van der Waals surface area contributed by atoms with Crippen LogP contribution in [0, 0.1) is 11.6 Å². The Morgan fingerprint density at radius 2 is 1.81 bits per heavy atom. The first-order valence-corrected chi connectivity index (χ1v) is 4.41. The Labute approximate surface area is 89.9 Å². The minimum atomic E-state index is -1.29. The summed E-state index contributed by atoms with van der Waals surface area (Å²) in [7, 11) is 0. The molecule has 1 rings (SSSR count). The van der Waals surface area contributed by atoms with Gasteiger partial charge in [-0.25, -0.2) is 8.78 Å². The lowest BCUT2D eigenvalue weighted by Crippen LogP contribution is -2.39. The highest BCUT2D eigenvalue weighted by Crippen LogP contribution is 2.11. The van der Waals surface area contributed by atoms with Crippen LogP contribution in [0.4, 0.5) is 8.78 Å². The maximum absolute atomic E-state index is 13.1. The fraction of sp³-hybridized carbons (Fsp3) is 0.200. The third-order valence-corrected chi connectivity index (χ3v) is 1.91. The van der Waals surface area contributed by atoms with E-state index < -0.39 is 35.1 Å². The Bertz CT molecular complexity index is 414. The molecule has 86 valence electrons. The Morgan fingerprint density at radius 3 is 2.25 bits per heavy atom. The first-order chi connectivity index (χ1) is 7.43.